The molecule has 0 amide bonds. The average Bonchev–Trinajstić information content (AvgIpc) is 2.94. The summed E-state index contributed by atoms with van der Waals surface area (Å²) in [7, 11) is -3.42. The number of nitrogens with one attached hydrogen (secondary N) is 1. The topological polar surface area (TPSA) is 120 Å². The van der Waals surface area contributed by atoms with Gasteiger partial charge in [0.15, 0.2) is 6.33 Å². The van der Waals surface area contributed by atoms with Crippen LogP contribution in [-0.4, -0.2) is 37.5 Å². The van der Waals surface area contributed by atoms with E-state index >= 15 is 0 Å². The fraction of sp³-hybridized carbons (Fsp3) is 0.333. The van der Waals surface area contributed by atoms with Crippen LogP contribution in [0.25, 0.3) is 0 Å². The summed E-state index contributed by atoms with van der Waals surface area (Å²) in [6, 6.07) is 6.91. The Labute approximate surface area is 122 Å². The summed E-state index contributed by atoms with van der Waals surface area (Å²) in [6.07, 6.45) is 1.60. The van der Waals surface area contributed by atoms with E-state index in [-0.39, 0.29) is 18.9 Å². The molecular weight excluding hydrogens is 296 g/mol. The molecular formula is C12H16N4O4S. The van der Waals surface area contributed by atoms with Gasteiger partial charge in [-0.15, -0.1) is 0 Å². The highest BCUT2D eigenvalue weighted by atomic mass is 32.2. The smallest absolute Gasteiger partial charge is 0.227 e. The Balaban J connectivity index is 1.72. The van der Waals surface area contributed by atoms with Gasteiger partial charge in [0.2, 0.25) is 15.9 Å². The quantitative estimate of drug-likeness (QED) is 0.667. The van der Waals surface area contributed by atoms with Gasteiger partial charge in [0, 0.05) is 13.0 Å². The highest BCUT2D eigenvalue weighted by Gasteiger charge is 2.11. The monoisotopic (exact) mass is 312 g/mol. The standard InChI is InChI=1S/C12H16N4O4S/c13-10-3-1-2-4-11(10)19-7-8-21(17,18)16-6-5-12-14-9-15-20-12/h1-4,9,16H,5-8,13H2. The molecule has 0 saturated heterocycles. The number of aromatic nitrogens is 2. The van der Waals surface area contributed by atoms with Crippen molar-refractivity contribution in [1.82, 2.24) is 14.9 Å². The van der Waals surface area contributed by atoms with Crippen LogP contribution in [0, 0.1) is 0 Å². The minimum absolute atomic E-state index is 0.0180. The molecule has 0 fully saturated rings. The lowest BCUT2D eigenvalue weighted by atomic mass is 10.3. The molecule has 2 aromatic rings. The van der Waals surface area contributed by atoms with Crippen LogP contribution < -0.4 is 15.2 Å². The molecule has 114 valence electrons. The number of ether oxygens (including phenoxy) is 1. The molecule has 1 aromatic carbocycles. The summed E-state index contributed by atoms with van der Waals surface area (Å²) >= 11 is 0. The van der Waals surface area contributed by atoms with E-state index in [9.17, 15) is 8.42 Å². The van der Waals surface area contributed by atoms with E-state index < -0.39 is 10.0 Å². The summed E-state index contributed by atoms with van der Waals surface area (Å²) in [5, 5.41) is 3.43. The number of nitrogens with two attached hydrogens (primary N) is 1. The highest BCUT2D eigenvalue weighted by molar-refractivity contribution is 7.89. The van der Waals surface area contributed by atoms with Crippen LogP contribution in [0.4, 0.5) is 5.69 Å². The lowest BCUT2D eigenvalue weighted by molar-refractivity contribution is 0.342. The van der Waals surface area contributed by atoms with Gasteiger partial charge in [-0.2, -0.15) is 4.98 Å². The Morgan fingerprint density at radius 2 is 2.14 bits per heavy atom. The van der Waals surface area contributed by atoms with Gasteiger partial charge in [0.1, 0.15) is 12.4 Å². The van der Waals surface area contributed by atoms with E-state index in [0.29, 0.717) is 23.7 Å². The first-order valence-electron chi connectivity index (χ1n) is 6.27. The van der Waals surface area contributed by atoms with Crippen LogP contribution in [0.15, 0.2) is 35.1 Å². The molecule has 2 rings (SSSR count). The second-order valence-electron chi connectivity index (χ2n) is 4.18. The first-order valence-corrected chi connectivity index (χ1v) is 7.92. The van der Waals surface area contributed by atoms with Crippen molar-refractivity contribution in [2.24, 2.45) is 0 Å². The maximum atomic E-state index is 11.7. The van der Waals surface area contributed by atoms with E-state index in [4.69, 9.17) is 15.0 Å². The van der Waals surface area contributed by atoms with E-state index in [2.05, 4.69) is 14.9 Å². The molecule has 1 heterocycles. The summed E-state index contributed by atoms with van der Waals surface area (Å²) in [5.41, 5.74) is 6.16. The third kappa shape index (κ3) is 5.04. The largest absolute Gasteiger partial charge is 0.490 e. The van der Waals surface area contributed by atoms with E-state index in [1.807, 2.05) is 0 Å². The molecule has 9 heteroatoms. The van der Waals surface area contributed by atoms with Crippen LogP contribution in [0.2, 0.25) is 0 Å². The maximum Gasteiger partial charge on any atom is 0.227 e. The highest BCUT2D eigenvalue weighted by Crippen LogP contribution is 2.19. The molecule has 0 unspecified atom stereocenters. The van der Waals surface area contributed by atoms with Crippen molar-refractivity contribution < 1.29 is 17.7 Å². The van der Waals surface area contributed by atoms with Crippen LogP contribution >= 0.6 is 0 Å². The first-order chi connectivity index (χ1) is 10.1. The molecule has 0 aliphatic heterocycles. The molecule has 0 aliphatic carbocycles. The number of para-hydroxylation sites is 2. The third-order valence-electron chi connectivity index (χ3n) is 2.60. The van der Waals surface area contributed by atoms with Crippen LogP contribution in [0.3, 0.4) is 0 Å². The van der Waals surface area contributed by atoms with E-state index in [1.54, 1.807) is 24.3 Å². The molecule has 0 bridgehead atoms. The van der Waals surface area contributed by atoms with Gasteiger partial charge in [0.05, 0.1) is 11.4 Å². The molecule has 8 nitrogen and oxygen atoms in total. The molecule has 0 saturated carbocycles. The molecule has 0 aliphatic rings. The number of hydrogen-bond donors (Lipinski definition) is 2. The average molecular weight is 312 g/mol. The number of nitrogen functional groups attached to an aromatic ring is 1. The normalized spacial score (nSPS) is 11.4. The fourth-order valence-corrected chi connectivity index (χ4v) is 2.43. The zero-order valence-electron chi connectivity index (χ0n) is 11.2. The van der Waals surface area contributed by atoms with Gasteiger partial charge in [-0.3, -0.25) is 0 Å². The predicted octanol–water partition coefficient (Wildman–Crippen LogP) is 0.193. The Bertz CT molecular complexity index is 658. The molecule has 3 N–H and O–H groups in total. The summed E-state index contributed by atoms with van der Waals surface area (Å²) in [4.78, 5) is 3.80. The van der Waals surface area contributed by atoms with Gasteiger partial charge < -0.3 is 15.0 Å². The SMILES string of the molecule is Nc1ccccc1OCCS(=O)(=O)NCCc1ncno1. The van der Waals surface area contributed by atoms with Gasteiger partial charge in [0.25, 0.3) is 0 Å². The summed E-state index contributed by atoms with van der Waals surface area (Å²) < 4.78 is 36.0. The van der Waals surface area contributed by atoms with Gasteiger partial charge in [-0.25, -0.2) is 13.1 Å². The van der Waals surface area contributed by atoms with Crippen molar-refractivity contribution in [2.45, 2.75) is 6.42 Å². The van der Waals surface area contributed by atoms with Crippen molar-refractivity contribution >= 4 is 15.7 Å². The minimum Gasteiger partial charge on any atom is -0.490 e. The van der Waals surface area contributed by atoms with Gasteiger partial charge >= 0.3 is 0 Å². The maximum absolute atomic E-state index is 11.7. The van der Waals surface area contributed by atoms with Crippen molar-refractivity contribution in [3.05, 3.63) is 36.5 Å². The predicted molar refractivity (Wildman–Crippen MR) is 76.1 cm³/mol. The lowest BCUT2D eigenvalue weighted by Crippen LogP contribution is -2.30. The van der Waals surface area contributed by atoms with Crippen molar-refractivity contribution in [3.8, 4) is 5.75 Å². The Hall–Kier alpha value is -2.13. The number of anilines is 1. The minimum atomic E-state index is -3.42. The second kappa shape index (κ2) is 7.04. The van der Waals surface area contributed by atoms with Crippen LogP contribution in [0.5, 0.6) is 5.75 Å². The van der Waals surface area contributed by atoms with Gasteiger partial charge in [-0.1, -0.05) is 17.3 Å². The van der Waals surface area contributed by atoms with E-state index in [1.165, 1.54) is 6.33 Å². The fourth-order valence-electron chi connectivity index (χ4n) is 1.57. The molecule has 1 aromatic heterocycles. The summed E-state index contributed by atoms with van der Waals surface area (Å²) in [6.45, 7) is 0.210. The Morgan fingerprint density at radius 3 is 2.86 bits per heavy atom. The van der Waals surface area contributed by atoms with Crippen molar-refractivity contribution in [3.63, 3.8) is 0 Å². The molecule has 0 atom stereocenters. The van der Waals surface area contributed by atoms with Crippen molar-refractivity contribution in [2.75, 3.05) is 24.6 Å². The zero-order valence-corrected chi connectivity index (χ0v) is 12.0. The Kier molecular flexibility index (Phi) is 5.12. The molecule has 0 spiro atoms. The number of benzene rings is 1. The van der Waals surface area contributed by atoms with Crippen molar-refractivity contribution in [1.29, 1.82) is 0 Å². The number of sulfonamides is 1. The lowest BCUT2D eigenvalue weighted by Gasteiger charge is -2.09. The number of rotatable bonds is 8. The van der Waals surface area contributed by atoms with Crippen LogP contribution in [-0.2, 0) is 16.4 Å². The third-order valence-corrected chi connectivity index (χ3v) is 3.94. The molecule has 21 heavy (non-hydrogen) atoms. The van der Waals surface area contributed by atoms with Gasteiger partial charge in [-0.05, 0) is 12.1 Å². The second-order valence-corrected chi connectivity index (χ2v) is 6.11. The first kappa shape index (κ1) is 15.3. The summed E-state index contributed by atoms with van der Waals surface area (Å²) in [5.74, 6) is 0.690. The van der Waals surface area contributed by atoms with E-state index in [0.717, 1.165) is 0 Å². The number of hydrogen-bond acceptors (Lipinski definition) is 7. The Morgan fingerprint density at radius 1 is 1.33 bits per heavy atom. The number of nitrogens with zero attached hydrogens (tertiary/aromatic N) is 2. The zero-order chi connectivity index (χ0) is 15.1. The molecule has 0 radical (unpaired) electrons. The van der Waals surface area contributed by atoms with Crippen LogP contribution in [0.1, 0.15) is 5.89 Å².